The third-order valence-electron chi connectivity index (χ3n) is 5.40. The maximum Gasteiger partial charge on any atom is 0.275 e. The fourth-order valence-electron chi connectivity index (χ4n) is 3.78. The van der Waals surface area contributed by atoms with Gasteiger partial charge in [0, 0.05) is 17.1 Å². The number of ether oxygens (including phenoxy) is 2. The van der Waals surface area contributed by atoms with E-state index in [1.165, 1.54) is 10.5 Å². The Labute approximate surface area is 170 Å². The highest BCUT2D eigenvalue weighted by atomic mass is 35.5. The zero-order valence-corrected chi connectivity index (χ0v) is 16.6. The van der Waals surface area contributed by atoms with Gasteiger partial charge in [-0.15, -0.1) is 0 Å². The molecule has 4 rings (SSSR count). The molecule has 0 unspecified atom stereocenters. The van der Waals surface area contributed by atoms with Gasteiger partial charge in [0.15, 0.2) is 18.0 Å². The number of quaternary nitrogens is 2. The molecule has 2 heterocycles. The average Bonchev–Trinajstić information content (AvgIpc) is 3.17. The van der Waals surface area contributed by atoms with Crippen LogP contribution in [0.4, 0.5) is 0 Å². The Morgan fingerprint density at radius 1 is 1.00 bits per heavy atom. The van der Waals surface area contributed by atoms with Gasteiger partial charge < -0.3 is 24.6 Å². The van der Waals surface area contributed by atoms with Crippen LogP contribution in [0, 0.1) is 0 Å². The first kappa shape index (κ1) is 19.1. The Morgan fingerprint density at radius 2 is 1.75 bits per heavy atom. The highest BCUT2D eigenvalue weighted by Crippen LogP contribution is 2.32. The molecule has 2 aliphatic rings. The number of fused-ring (bicyclic) bond motifs is 1. The molecule has 1 amide bonds. The molecule has 0 radical (unpaired) electrons. The summed E-state index contributed by atoms with van der Waals surface area (Å²) in [7, 11) is 0. The van der Waals surface area contributed by atoms with Gasteiger partial charge in [-0.2, -0.15) is 0 Å². The van der Waals surface area contributed by atoms with Crippen LogP contribution in [0.2, 0.25) is 5.02 Å². The highest BCUT2D eigenvalue weighted by molar-refractivity contribution is 6.31. The van der Waals surface area contributed by atoms with E-state index in [9.17, 15) is 4.79 Å². The fraction of sp³-hybridized carbons (Fsp3) is 0.381. The van der Waals surface area contributed by atoms with E-state index in [1.54, 1.807) is 4.90 Å². The van der Waals surface area contributed by atoms with E-state index >= 15 is 0 Å². The molecule has 3 N–H and O–H groups in total. The molecule has 1 saturated heterocycles. The maximum absolute atomic E-state index is 12.3. The van der Waals surface area contributed by atoms with E-state index in [4.69, 9.17) is 21.1 Å². The Morgan fingerprint density at radius 3 is 2.57 bits per heavy atom. The molecular formula is C21H26ClN3O3+2. The molecule has 0 atom stereocenters. The van der Waals surface area contributed by atoms with E-state index in [0.717, 1.165) is 49.8 Å². The molecule has 6 nitrogen and oxygen atoms in total. The van der Waals surface area contributed by atoms with E-state index in [2.05, 4.69) is 17.4 Å². The zero-order valence-electron chi connectivity index (χ0n) is 15.8. The lowest BCUT2D eigenvalue weighted by Gasteiger charge is -2.29. The van der Waals surface area contributed by atoms with Crippen LogP contribution >= 0.6 is 11.6 Å². The summed E-state index contributed by atoms with van der Waals surface area (Å²) in [6.45, 7) is 6.39. The van der Waals surface area contributed by atoms with Crippen LogP contribution in [0.5, 0.6) is 11.5 Å². The lowest BCUT2D eigenvalue weighted by atomic mass is 10.1. The molecule has 7 heteroatoms. The van der Waals surface area contributed by atoms with Crippen molar-refractivity contribution < 1.29 is 24.1 Å². The minimum Gasteiger partial charge on any atom is -0.454 e. The third-order valence-corrected chi connectivity index (χ3v) is 5.77. The van der Waals surface area contributed by atoms with Crippen LogP contribution in [0.15, 0.2) is 42.5 Å². The van der Waals surface area contributed by atoms with E-state index in [1.807, 2.05) is 30.3 Å². The number of carbonyl (C=O) groups is 1. The normalized spacial score (nSPS) is 20.8. The Balaban J connectivity index is 1.20. The second-order valence-electron chi connectivity index (χ2n) is 7.41. The first-order valence-corrected chi connectivity index (χ1v) is 10.1. The number of benzene rings is 2. The molecule has 2 aliphatic heterocycles. The lowest BCUT2D eigenvalue weighted by molar-refractivity contribution is -1.02. The van der Waals surface area contributed by atoms with E-state index in [0.29, 0.717) is 24.9 Å². The summed E-state index contributed by atoms with van der Waals surface area (Å²) in [6, 6.07) is 13.8. The summed E-state index contributed by atoms with van der Waals surface area (Å²) in [5.74, 6) is 1.75. The monoisotopic (exact) mass is 403 g/mol. The van der Waals surface area contributed by atoms with Gasteiger partial charge in [-0.3, -0.25) is 4.79 Å². The molecule has 2 aromatic rings. The van der Waals surface area contributed by atoms with Crippen LogP contribution in [-0.4, -0.2) is 45.4 Å². The smallest absolute Gasteiger partial charge is 0.275 e. The van der Waals surface area contributed by atoms with Gasteiger partial charge in [-0.25, -0.2) is 0 Å². The third kappa shape index (κ3) is 4.76. The number of hydrogen-bond acceptors (Lipinski definition) is 3. The largest absolute Gasteiger partial charge is 0.454 e. The second-order valence-corrected chi connectivity index (χ2v) is 7.82. The number of hydrogen-bond donors (Lipinski definition) is 3. The van der Waals surface area contributed by atoms with Gasteiger partial charge in [-0.1, -0.05) is 29.8 Å². The van der Waals surface area contributed by atoms with Crippen LogP contribution in [0.25, 0.3) is 0 Å². The number of nitrogens with one attached hydrogen (secondary N) is 3. The SMILES string of the molecule is O=C(C[NH+]1CC[NH+](Cc2ccc3c(c2)OCO3)CC1)NCc1ccccc1Cl. The van der Waals surface area contributed by atoms with Crippen molar-refractivity contribution in [3.63, 3.8) is 0 Å². The number of piperazine rings is 1. The molecule has 2 aromatic carbocycles. The minimum absolute atomic E-state index is 0.0779. The highest BCUT2D eigenvalue weighted by Gasteiger charge is 2.25. The maximum atomic E-state index is 12.3. The predicted molar refractivity (Wildman–Crippen MR) is 106 cm³/mol. The van der Waals surface area contributed by atoms with Crippen molar-refractivity contribution in [1.29, 1.82) is 0 Å². The summed E-state index contributed by atoms with van der Waals surface area (Å²) >= 11 is 6.14. The van der Waals surface area contributed by atoms with Crippen LogP contribution in [0.3, 0.4) is 0 Å². The van der Waals surface area contributed by atoms with Gasteiger partial charge in [-0.05, 0) is 29.8 Å². The van der Waals surface area contributed by atoms with Crippen molar-refractivity contribution in [2.45, 2.75) is 13.1 Å². The zero-order chi connectivity index (χ0) is 19.3. The first-order chi connectivity index (χ1) is 13.7. The molecule has 0 bridgehead atoms. The van der Waals surface area contributed by atoms with Crippen LogP contribution in [-0.2, 0) is 17.9 Å². The van der Waals surface area contributed by atoms with Gasteiger partial charge in [0.25, 0.3) is 5.91 Å². The Kier molecular flexibility index (Phi) is 6.00. The quantitative estimate of drug-likeness (QED) is 0.619. The second kappa shape index (κ2) is 8.82. The van der Waals surface area contributed by atoms with Crippen molar-refractivity contribution in [3.05, 3.63) is 58.6 Å². The van der Waals surface area contributed by atoms with Gasteiger partial charge in [0.05, 0.1) is 0 Å². The van der Waals surface area contributed by atoms with E-state index in [-0.39, 0.29) is 5.91 Å². The number of rotatable bonds is 6. The molecule has 28 heavy (non-hydrogen) atoms. The van der Waals surface area contributed by atoms with Crippen molar-refractivity contribution >= 4 is 17.5 Å². The lowest BCUT2D eigenvalue weighted by Crippen LogP contribution is -3.28. The Bertz CT molecular complexity index is 837. The van der Waals surface area contributed by atoms with Crippen LogP contribution in [0.1, 0.15) is 11.1 Å². The topological polar surface area (TPSA) is 56.4 Å². The summed E-state index contributed by atoms with van der Waals surface area (Å²) in [5.41, 5.74) is 2.21. The number of carbonyl (C=O) groups excluding carboxylic acids is 1. The average molecular weight is 404 g/mol. The predicted octanol–water partition coefficient (Wildman–Crippen LogP) is -0.331. The van der Waals surface area contributed by atoms with Crippen molar-refractivity contribution in [1.82, 2.24) is 5.32 Å². The molecule has 0 saturated carbocycles. The number of halogens is 1. The van der Waals surface area contributed by atoms with Crippen LogP contribution < -0.4 is 24.6 Å². The molecular weight excluding hydrogens is 378 g/mol. The van der Waals surface area contributed by atoms with Gasteiger partial charge in [0.2, 0.25) is 6.79 Å². The minimum atomic E-state index is 0.0779. The van der Waals surface area contributed by atoms with Gasteiger partial charge in [0.1, 0.15) is 32.7 Å². The first-order valence-electron chi connectivity index (χ1n) is 9.73. The molecule has 0 aromatic heterocycles. The van der Waals surface area contributed by atoms with Crippen molar-refractivity contribution in [2.24, 2.45) is 0 Å². The fourth-order valence-corrected chi connectivity index (χ4v) is 3.98. The van der Waals surface area contributed by atoms with Crippen molar-refractivity contribution in [2.75, 3.05) is 39.5 Å². The van der Waals surface area contributed by atoms with Crippen molar-refractivity contribution in [3.8, 4) is 11.5 Å². The number of amides is 1. The summed E-state index contributed by atoms with van der Waals surface area (Å²) < 4.78 is 10.8. The summed E-state index contributed by atoms with van der Waals surface area (Å²) in [5, 5.41) is 3.68. The molecule has 1 fully saturated rings. The summed E-state index contributed by atoms with van der Waals surface area (Å²) in [4.78, 5) is 15.1. The summed E-state index contributed by atoms with van der Waals surface area (Å²) in [6.07, 6.45) is 0. The Hall–Kier alpha value is -2.28. The molecule has 0 spiro atoms. The standard InChI is InChI=1S/C21H24ClN3O3/c22-18-4-2-1-3-17(18)12-23-21(26)14-25-9-7-24(8-10-25)13-16-5-6-19-20(11-16)28-15-27-19/h1-6,11H,7-10,12-15H2,(H,23,26)/p+2. The molecule has 148 valence electrons. The van der Waals surface area contributed by atoms with Gasteiger partial charge >= 0.3 is 0 Å². The molecule has 0 aliphatic carbocycles. The van der Waals surface area contributed by atoms with E-state index < -0.39 is 0 Å².